The fourth-order valence-corrected chi connectivity index (χ4v) is 1.79. The molecule has 0 aromatic heterocycles. The van der Waals surface area contributed by atoms with Gasteiger partial charge in [0.05, 0.1) is 6.61 Å². The summed E-state index contributed by atoms with van der Waals surface area (Å²) < 4.78 is 0. The minimum Gasteiger partial charge on any atom is -0.337 e. The third-order valence-corrected chi connectivity index (χ3v) is 2.68. The molecule has 0 saturated heterocycles. The van der Waals surface area contributed by atoms with E-state index < -0.39 is 0 Å². The molecule has 1 aromatic rings. The minimum absolute atomic E-state index is 0.352. The first-order valence-corrected chi connectivity index (χ1v) is 5.81. The van der Waals surface area contributed by atoms with Gasteiger partial charge in [0.1, 0.15) is 0 Å². The lowest BCUT2D eigenvalue weighted by Gasteiger charge is -2.06. The number of fused-ring (bicyclic) bond motifs is 1. The second-order valence-corrected chi connectivity index (χ2v) is 3.97. The van der Waals surface area contributed by atoms with E-state index in [1.807, 2.05) is 24.5 Å². The summed E-state index contributed by atoms with van der Waals surface area (Å²) in [7, 11) is 0. The highest BCUT2D eigenvalue weighted by molar-refractivity contribution is 5.52. The standard InChI is InChI=1S/C14H15O3/c15-9-3-1-2-5-12-7-8-13-6-4-10-16-17-14(13)11-12/h1-2,7-8,11H,3-6,10H2/b2-1+. The monoisotopic (exact) mass is 231 g/mol. The largest absolute Gasteiger partial charge is 0.337 e. The Labute approximate surface area is 101 Å². The van der Waals surface area contributed by atoms with Gasteiger partial charge in [-0.1, -0.05) is 24.3 Å². The van der Waals surface area contributed by atoms with Crippen LogP contribution in [0.4, 0.5) is 0 Å². The van der Waals surface area contributed by atoms with Crippen molar-refractivity contribution >= 4 is 6.29 Å². The number of allylic oxidation sites excluding steroid dienone is 2. The normalized spacial score (nSPS) is 15.1. The number of aryl methyl sites for hydroxylation is 1. The van der Waals surface area contributed by atoms with Gasteiger partial charge >= 0.3 is 0 Å². The molecule has 0 unspecified atom stereocenters. The first-order valence-electron chi connectivity index (χ1n) is 5.81. The average molecular weight is 231 g/mol. The van der Waals surface area contributed by atoms with Gasteiger partial charge in [0.2, 0.25) is 6.29 Å². The van der Waals surface area contributed by atoms with Crippen LogP contribution in [-0.4, -0.2) is 12.9 Å². The Balaban J connectivity index is 2.04. The summed E-state index contributed by atoms with van der Waals surface area (Å²) in [5, 5.41) is 0. The number of carbonyl (C=O) groups excluding carboxylic acids is 1. The van der Waals surface area contributed by atoms with Crippen molar-refractivity contribution in [3.8, 4) is 5.75 Å². The van der Waals surface area contributed by atoms with Crippen molar-refractivity contribution in [3.63, 3.8) is 0 Å². The van der Waals surface area contributed by atoms with Gasteiger partial charge in [-0.3, -0.25) is 4.79 Å². The molecule has 1 aromatic carbocycles. The van der Waals surface area contributed by atoms with Gasteiger partial charge in [0.15, 0.2) is 5.75 Å². The van der Waals surface area contributed by atoms with Gasteiger partial charge < -0.3 is 4.89 Å². The Morgan fingerprint density at radius 1 is 1.35 bits per heavy atom. The van der Waals surface area contributed by atoms with Crippen molar-refractivity contribution < 1.29 is 14.6 Å². The summed E-state index contributed by atoms with van der Waals surface area (Å²) in [5.74, 6) is 0.815. The topological polar surface area (TPSA) is 35.5 Å². The maximum Gasteiger partial charge on any atom is 0.202 e. The SMILES string of the molecule is O=[C]C/C=C/Cc1ccc2c(c1)OOCCC2. The van der Waals surface area contributed by atoms with E-state index in [4.69, 9.17) is 9.78 Å². The Kier molecular flexibility index (Phi) is 4.33. The van der Waals surface area contributed by atoms with Gasteiger partial charge in [-0.25, -0.2) is 0 Å². The van der Waals surface area contributed by atoms with Crippen LogP contribution in [0.25, 0.3) is 0 Å². The van der Waals surface area contributed by atoms with E-state index in [1.54, 1.807) is 0 Å². The fraction of sp³-hybridized carbons (Fsp3) is 0.357. The van der Waals surface area contributed by atoms with Gasteiger partial charge in [-0.15, -0.1) is 0 Å². The summed E-state index contributed by atoms with van der Waals surface area (Å²) in [6, 6.07) is 6.16. The fourth-order valence-electron chi connectivity index (χ4n) is 1.79. The molecule has 3 heteroatoms. The zero-order valence-corrected chi connectivity index (χ0v) is 9.65. The van der Waals surface area contributed by atoms with E-state index in [9.17, 15) is 4.79 Å². The molecule has 0 aliphatic carbocycles. The molecular formula is C14H15O3. The molecule has 89 valence electrons. The van der Waals surface area contributed by atoms with Crippen molar-refractivity contribution in [2.75, 3.05) is 6.61 Å². The van der Waals surface area contributed by atoms with Crippen LogP contribution in [0.15, 0.2) is 30.4 Å². The van der Waals surface area contributed by atoms with Gasteiger partial charge in [-0.2, -0.15) is 4.89 Å². The molecule has 1 heterocycles. The van der Waals surface area contributed by atoms with E-state index in [-0.39, 0.29) is 0 Å². The highest BCUT2D eigenvalue weighted by atomic mass is 17.2. The summed E-state index contributed by atoms with van der Waals surface area (Å²) in [6.07, 6.45) is 8.73. The van der Waals surface area contributed by atoms with E-state index >= 15 is 0 Å². The molecular weight excluding hydrogens is 216 g/mol. The van der Waals surface area contributed by atoms with Crippen LogP contribution >= 0.6 is 0 Å². The third-order valence-electron chi connectivity index (χ3n) is 2.68. The van der Waals surface area contributed by atoms with E-state index in [1.165, 1.54) is 5.56 Å². The van der Waals surface area contributed by atoms with Crippen LogP contribution in [0.2, 0.25) is 0 Å². The quantitative estimate of drug-likeness (QED) is 0.590. The minimum atomic E-state index is 0.352. The molecule has 0 fully saturated rings. The summed E-state index contributed by atoms with van der Waals surface area (Å²) in [5.41, 5.74) is 2.34. The lowest BCUT2D eigenvalue weighted by atomic mass is 10.0. The highest BCUT2D eigenvalue weighted by Crippen LogP contribution is 2.24. The van der Waals surface area contributed by atoms with Crippen molar-refractivity contribution in [3.05, 3.63) is 41.5 Å². The lowest BCUT2D eigenvalue weighted by Crippen LogP contribution is -1.96. The maximum absolute atomic E-state index is 10.0. The average Bonchev–Trinajstić information content (AvgIpc) is 2.59. The molecule has 0 N–H and O–H groups in total. The van der Waals surface area contributed by atoms with Crippen LogP contribution in [0.3, 0.4) is 0 Å². The molecule has 0 amide bonds. The van der Waals surface area contributed by atoms with Gasteiger partial charge in [0, 0.05) is 6.42 Å². The van der Waals surface area contributed by atoms with Crippen LogP contribution in [0.5, 0.6) is 5.75 Å². The first-order chi connectivity index (χ1) is 8.40. The van der Waals surface area contributed by atoms with Crippen molar-refractivity contribution in [1.29, 1.82) is 0 Å². The van der Waals surface area contributed by atoms with Crippen molar-refractivity contribution in [2.24, 2.45) is 0 Å². The second kappa shape index (κ2) is 6.21. The molecule has 3 nitrogen and oxygen atoms in total. The molecule has 2 rings (SSSR count). The summed E-state index contributed by atoms with van der Waals surface area (Å²) in [6.45, 7) is 0.638. The molecule has 1 radical (unpaired) electrons. The molecule has 17 heavy (non-hydrogen) atoms. The third kappa shape index (κ3) is 3.43. The Hall–Kier alpha value is -1.61. The van der Waals surface area contributed by atoms with E-state index in [2.05, 4.69) is 12.1 Å². The Bertz CT molecular complexity index is 410. The van der Waals surface area contributed by atoms with Crippen LogP contribution in [0, 0.1) is 0 Å². The Morgan fingerprint density at radius 3 is 3.18 bits per heavy atom. The predicted molar refractivity (Wildman–Crippen MR) is 64.5 cm³/mol. The zero-order chi connectivity index (χ0) is 11.9. The lowest BCUT2D eigenvalue weighted by molar-refractivity contribution is -0.203. The number of hydrogen-bond donors (Lipinski definition) is 0. The number of rotatable bonds is 4. The van der Waals surface area contributed by atoms with Crippen LogP contribution in [-0.2, 0) is 22.5 Å². The summed E-state index contributed by atoms with van der Waals surface area (Å²) >= 11 is 0. The van der Waals surface area contributed by atoms with E-state index in [0.717, 1.165) is 30.6 Å². The summed E-state index contributed by atoms with van der Waals surface area (Å²) in [4.78, 5) is 20.3. The van der Waals surface area contributed by atoms with Crippen molar-refractivity contribution in [1.82, 2.24) is 0 Å². The second-order valence-electron chi connectivity index (χ2n) is 3.97. The predicted octanol–water partition coefficient (Wildman–Crippen LogP) is 2.54. The molecule has 0 saturated carbocycles. The number of benzene rings is 1. The van der Waals surface area contributed by atoms with E-state index in [0.29, 0.717) is 13.0 Å². The maximum atomic E-state index is 10.0. The van der Waals surface area contributed by atoms with Crippen LogP contribution in [0.1, 0.15) is 24.0 Å². The molecule has 0 bridgehead atoms. The Morgan fingerprint density at radius 2 is 2.29 bits per heavy atom. The number of hydrogen-bond acceptors (Lipinski definition) is 3. The van der Waals surface area contributed by atoms with Gasteiger partial charge in [0.25, 0.3) is 0 Å². The molecule has 0 spiro atoms. The van der Waals surface area contributed by atoms with Crippen molar-refractivity contribution in [2.45, 2.75) is 25.7 Å². The zero-order valence-electron chi connectivity index (χ0n) is 9.65. The molecule has 1 aliphatic heterocycles. The first kappa shape index (κ1) is 11.9. The van der Waals surface area contributed by atoms with Crippen LogP contribution < -0.4 is 4.89 Å². The highest BCUT2D eigenvalue weighted by Gasteiger charge is 2.09. The van der Waals surface area contributed by atoms with Gasteiger partial charge in [-0.05, 0) is 36.5 Å². The molecule has 0 atom stereocenters. The smallest absolute Gasteiger partial charge is 0.202 e. The molecule has 1 aliphatic rings.